The highest BCUT2D eigenvalue weighted by atomic mass is 16.5. The number of carbonyl (C=O) groups is 2. The van der Waals surface area contributed by atoms with Gasteiger partial charge in [-0.25, -0.2) is 0 Å². The first kappa shape index (κ1) is 50.2. The van der Waals surface area contributed by atoms with E-state index in [0.717, 1.165) is 51.4 Å². The molecule has 0 aliphatic rings. The maximum Gasteiger partial charge on any atom is 0.305 e. The molecule has 0 saturated carbocycles. The molecule has 4 heteroatoms. The van der Waals surface area contributed by atoms with Crippen LogP contribution >= 0.6 is 0 Å². The summed E-state index contributed by atoms with van der Waals surface area (Å²) < 4.78 is 5.46. The number of carboxylic acids is 1. The third kappa shape index (κ3) is 46.2. The van der Waals surface area contributed by atoms with Crippen LogP contribution in [-0.2, 0) is 14.3 Å². The summed E-state index contributed by atoms with van der Waals surface area (Å²) in [5.41, 5.74) is 0. The van der Waals surface area contributed by atoms with E-state index in [0.29, 0.717) is 19.4 Å². The molecule has 0 fully saturated rings. The van der Waals surface area contributed by atoms with Crippen molar-refractivity contribution in [1.29, 1.82) is 0 Å². The fourth-order valence-corrected chi connectivity index (χ4v) is 6.94. The number of ether oxygens (including phenoxy) is 1. The first-order chi connectivity index (χ1) is 25.7. The van der Waals surface area contributed by atoms with Crippen LogP contribution in [0.1, 0.15) is 251 Å². The second kappa shape index (κ2) is 45.3. The maximum absolute atomic E-state index is 12.0. The Morgan fingerprint density at radius 2 is 0.692 bits per heavy atom. The van der Waals surface area contributed by atoms with Crippen LogP contribution in [0.5, 0.6) is 0 Å². The van der Waals surface area contributed by atoms with Gasteiger partial charge in [0.2, 0.25) is 0 Å². The highest BCUT2D eigenvalue weighted by Gasteiger charge is 2.03. The summed E-state index contributed by atoms with van der Waals surface area (Å²) in [7, 11) is 0. The van der Waals surface area contributed by atoms with Gasteiger partial charge in [-0.05, 0) is 51.4 Å². The SMILES string of the molecule is CC/C=C\C/C=C\C/C=C\CCCCCCCC(=O)OCCCCCCCCCCCCCCCCCCCCCCCCCCCCCC(=O)O. The number of hydrogen-bond acceptors (Lipinski definition) is 3. The molecule has 0 aromatic heterocycles. The lowest BCUT2D eigenvalue weighted by Gasteiger charge is -2.06. The lowest BCUT2D eigenvalue weighted by atomic mass is 10.0. The normalized spacial score (nSPS) is 11.9. The largest absolute Gasteiger partial charge is 0.481 e. The van der Waals surface area contributed by atoms with Gasteiger partial charge in [-0.15, -0.1) is 0 Å². The molecule has 0 amide bonds. The van der Waals surface area contributed by atoms with Crippen molar-refractivity contribution < 1.29 is 19.4 Å². The van der Waals surface area contributed by atoms with E-state index in [1.165, 1.54) is 180 Å². The number of aliphatic carboxylic acids is 1. The Morgan fingerprint density at radius 1 is 0.385 bits per heavy atom. The van der Waals surface area contributed by atoms with Crippen LogP contribution in [0.25, 0.3) is 0 Å². The second-order valence-corrected chi connectivity index (χ2v) is 15.5. The zero-order chi connectivity index (χ0) is 37.7. The van der Waals surface area contributed by atoms with Crippen molar-refractivity contribution >= 4 is 11.9 Å². The molecule has 0 bridgehead atoms. The van der Waals surface area contributed by atoms with Crippen molar-refractivity contribution in [3.05, 3.63) is 36.5 Å². The van der Waals surface area contributed by atoms with Crippen LogP contribution in [0.2, 0.25) is 0 Å². The Morgan fingerprint density at radius 3 is 1.08 bits per heavy atom. The summed E-state index contributed by atoms with van der Waals surface area (Å²) in [5, 5.41) is 8.66. The monoisotopic (exact) mass is 729 g/mol. The van der Waals surface area contributed by atoms with Crippen LogP contribution in [-0.4, -0.2) is 23.7 Å². The number of esters is 1. The first-order valence-electron chi connectivity index (χ1n) is 23.0. The van der Waals surface area contributed by atoms with Crippen molar-refractivity contribution in [1.82, 2.24) is 0 Å². The molecule has 4 nitrogen and oxygen atoms in total. The van der Waals surface area contributed by atoms with Gasteiger partial charge in [0, 0.05) is 12.8 Å². The van der Waals surface area contributed by atoms with E-state index in [-0.39, 0.29) is 5.97 Å². The van der Waals surface area contributed by atoms with E-state index in [1.807, 2.05) is 0 Å². The number of carbonyl (C=O) groups excluding carboxylic acids is 1. The van der Waals surface area contributed by atoms with Crippen LogP contribution in [0, 0.1) is 0 Å². The average Bonchev–Trinajstić information content (AvgIpc) is 3.13. The molecule has 0 aliphatic heterocycles. The topological polar surface area (TPSA) is 63.6 Å². The van der Waals surface area contributed by atoms with Crippen molar-refractivity contribution in [3.63, 3.8) is 0 Å². The molecule has 0 aromatic carbocycles. The summed E-state index contributed by atoms with van der Waals surface area (Å²) >= 11 is 0. The predicted molar refractivity (Wildman–Crippen MR) is 227 cm³/mol. The van der Waals surface area contributed by atoms with Gasteiger partial charge in [0.1, 0.15) is 0 Å². The molecule has 0 aliphatic carbocycles. The zero-order valence-electron chi connectivity index (χ0n) is 34.7. The van der Waals surface area contributed by atoms with E-state index < -0.39 is 5.97 Å². The number of rotatable bonds is 43. The quantitative estimate of drug-likeness (QED) is 0.0386. The van der Waals surface area contributed by atoms with Crippen LogP contribution in [0.3, 0.4) is 0 Å². The van der Waals surface area contributed by atoms with Gasteiger partial charge in [-0.3, -0.25) is 9.59 Å². The molecule has 0 heterocycles. The standard InChI is InChI=1S/C48H88O4/c1-2-3-4-5-6-7-8-9-23-27-30-33-36-39-42-45-48(51)52-46-43-40-37-34-31-28-25-22-20-18-16-14-12-10-11-13-15-17-19-21-24-26-29-32-35-38-41-44-47(49)50/h3-4,6-7,9,23H,2,5,8,10-22,24-46H2,1H3,(H,49,50)/b4-3-,7-6-,23-9-. The van der Waals surface area contributed by atoms with Crippen molar-refractivity contribution in [2.24, 2.45) is 0 Å². The summed E-state index contributed by atoms with van der Waals surface area (Å²) in [4.78, 5) is 22.5. The van der Waals surface area contributed by atoms with E-state index in [1.54, 1.807) is 0 Å². The number of carboxylic acid groups (broad SMARTS) is 1. The molecule has 0 atom stereocenters. The highest BCUT2D eigenvalue weighted by Crippen LogP contribution is 2.16. The van der Waals surface area contributed by atoms with Crippen molar-refractivity contribution in [2.75, 3.05) is 6.61 Å². The Hall–Kier alpha value is -1.84. The van der Waals surface area contributed by atoms with Gasteiger partial charge in [0.05, 0.1) is 6.61 Å². The van der Waals surface area contributed by atoms with E-state index >= 15 is 0 Å². The molecule has 0 aromatic rings. The number of unbranched alkanes of at least 4 members (excludes halogenated alkanes) is 31. The summed E-state index contributed by atoms with van der Waals surface area (Å²) in [6.07, 6.45) is 60.6. The Bertz CT molecular complexity index is 813. The lowest BCUT2D eigenvalue weighted by Crippen LogP contribution is -2.05. The fraction of sp³-hybridized carbons (Fsp3) is 0.833. The summed E-state index contributed by atoms with van der Waals surface area (Å²) in [6, 6.07) is 0. The molecule has 0 unspecified atom stereocenters. The third-order valence-electron chi connectivity index (χ3n) is 10.3. The van der Waals surface area contributed by atoms with Crippen LogP contribution < -0.4 is 0 Å². The fourth-order valence-electron chi connectivity index (χ4n) is 6.94. The summed E-state index contributed by atoms with van der Waals surface area (Å²) in [5.74, 6) is -0.653. The van der Waals surface area contributed by atoms with E-state index in [4.69, 9.17) is 9.84 Å². The highest BCUT2D eigenvalue weighted by molar-refractivity contribution is 5.69. The second-order valence-electron chi connectivity index (χ2n) is 15.5. The van der Waals surface area contributed by atoms with Gasteiger partial charge in [-0.2, -0.15) is 0 Å². The van der Waals surface area contributed by atoms with Gasteiger partial charge in [-0.1, -0.05) is 223 Å². The minimum absolute atomic E-state index is 0.00182. The third-order valence-corrected chi connectivity index (χ3v) is 10.3. The average molecular weight is 729 g/mol. The van der Waals surface area contributed by atoms with Crippen molar-refractivity contribution in [3.8, 4) is 0 Å². The molecular weight excluding hydrogens is 641 g/mol. The number of allylic oxidation sites excluding steroid dienone is 6. The predicted octanol–water partition coefficient (Wildman–Crippen LogP) is 16.1. The minimum Gasteiger partial charge on any atom is -0.481 e. The Kier molecular flexibility index (Phi) is 43.7. The van der Waals surface area contributed by atoms with Crippen molar-refractivity contribution in [2.45, 2.75) is 251 Å². The van der Waals surface area contributed by atoms with E-state index in [9.17, 15) is 9.59 Å². The maximum atomic E-state index is 12.0. The molecular formula is C48H88O4. The Balaban J connectivity index is 3.18. The Labute approximate surface area is 324 Å². The molecule has 0 radical (unpaired) electrons. The van der Waals surface area contributed by atoms with Crippen LogP contribution in [0.15, 0.2) is 36.5 Å². The molecule has 0 spiro atoms. The smallest absolute Gasteiger partial charge is 0.305 e. The zero-order valence-corrected chi connectivity index (χ0v) is 34.7. The summed E-state index contributed by atoms with van der Waals surface area (Å²) in [6.45, 7) is 2.78. The van der Waals surface area contributed by atoms with Crippen LogP contribution in [0.4, 0.5) is 0 Å². The molecule has 52 heavy (non-hydrogen) atoms. The van der Waals surface area contributed by atoms with E-state index in [2.05, 4.69) is 43.4 Å². The lowest BCUT2D eigenvalue weighted by molar-refractivity contribution is -0.144. The first-order valence-corrected chi connectivity index (χ1v) is 23.0. The molecule has 1 N–H and O–H groups in total. The molecule has 0 saturated heterocycles. The molecule has 304 valence electrons. The van der Waals surface area contributed by atoms with Gasteiger partial charge < -0.3 is 9.84 Å². The van der Waals surface area contributed by atoms with Gasteiger partial charge in [0.15, 0.2) is 0 Å². The molecule has 0 rings (SSSR count). The number of hydrogen-bond donors (Lipinski definition) is 1. The van der Waals surface area contributed by atoms with Gasteiger partial charge >= 0.3 is 11.9 Å². The van der Waals surface area contributed by atoms with Gasteiger partial charge in [0.25, 0.3) is 0 Å². The minimum atomic E-state index is -0.655.